The maximum Gasteiger partial charge on any atom is 0.140 e. The minimum absolute atomic E-state index is 0.104. The zero-order chi connectivity index (χ0) is 10.3. The van der Waals surface area contributed by atoms with Gasteiger partial charge in [0.25, 0.3) is 0 Å². The summed E-state index contributed by atoms with van der Waals surface area (Å²) >= 11 is 0. The lowest BCUT2D eigenvalue weighted by Crippen LogP contribution is -2.31. The smallest absolute Gasteiger partial charge is 0.140 e. The Morgan fingerprint density at radius 1 is 1.54 bits per heavy atom. The summed E-state index contributed by atoms with van der Waals surface area (Å²) in [5.41, 5.74) is 0.980. The third kappa shape index (κ3) is 4.63. The van der Waals surface area contributed by atoms with Gasteiger partial charge in [0.2, 0.25) is 0 Å². The van der Waals surface area contributed by atoms with E-state index in [2.05, 4.69) is 18.5 Å². The van der Waals surface area contributed by atoms with E-state index in [0.717, 1.165) is 5.57 Å². The first-order valence-electron chi connectivity index (χ1n) is 4.40. The predicted octanol–water partition coefficient (Wildman–Crippen LogP) is 2.83. The van der Waals surface area contributed by atoms with Crippen molar-refractivity contribution in [2.45, 2.75) is 19.9 Å². The molecular weight excluding hydrogens is 165 g/mol. The lowest BCUT2D eigenvalue weighted by Gasteiger charge is -2.20. The predicted molar refractivity (Wildman–Crippen MR) is 56.2 cm³/mol. The zero-order valence-corrected chi connectivity index (χ0v) is 8.39. The Morgan fingerprint density at radius 2 is 2.15 bits per heavy atom. The van der Waals surface area contributed by atoms with Gasteiger partial charge in [-0.05, 0) is 12.8 Å². The molecule has 0 radical (unpaired) electrons. The van der Waals surface area contributed by atoms with Gasteiger partial charge in [0.15, 0.2) is 0 Å². The summed E-state index contributed by atoms with van der Waals surface area (Å²) in [6.07, 6.45) is 5.43. The van der Waals surface area contributed by atoms with Crippen molar-refractivity contribution in [1.82, 2.24) is 5.32 Å². The van der Waals surface area contributed by atoms with Crippen molar-refractivity contribution in [1.29, 1.82) is 0 Å². The quantitative estimate of drug-likeness (QED) is 0.493. The molecule has 2 unspecified atom stereocenters. The monoisotopic (exact) mass is 183 g/mol. The van der Waals surface area contributed by atoms with Crippen molar-refractivity contribution in [2.24, 2.45) is 5.92 Å². The molecule has 1 nitrogen and oxygen atoms in total. The summed E-state index contributed by atoms with van der Waals surface area (Å²) in [5.74, 6) is 0.229. The highest BCUT2D eigenvalue weighted by molar-refractivity contribution is 5.21. The first kappa shape index (κ1) is 12.1. The first-order valence-corrected chi connectivity index (χ1v) is 4.40. The van der Waals surface area contributed by atoms with Gasteiger partial charge in [-0.15, -0.1) is 0 Å². The molecular formula is C11H18FN. The molecule has 0 aliphatic heterocycles. The van der Waals surface area contributed by atoms with Crippen LogP contribution in [0.1, 0.15) is 13.8 Å². The Labute approximate surface area is 80.0 Å². The van der Waals surface area contributed by atoms with Gasteiger partial charge in [-0.25, -0.2) is 4.39 Å². The Balaban J connectivity index is 4.08. The molecule has 0 aromatic rings. The van der Waals surface area contributed by atoms with Gasteiger partial charge in [0.1, 0.15) is 6.80 Å². The molecule has 0 bridgehead atoms. The molecule has 13 heavy (non-hydrogen) atoms. The molecule has 0 saturated carbocycles. The second kappa shape index (κ2) is 6.61. The van der Waals surface area contributed by atoms with Crippen molar-refractivity contribution < 1.29 is 4.39 Å². The van der Waals surface area contributed by atoms with E-state index in [1.54, 1.807) is 6.08 Å². The third-order valence-corrected chi connectivity index (χ3v) is 2.18. The largest absolute Gasteiger partial charge is 0.287 e. The van der Waals surface area contributed by atoms with E-state index in [-0.39, 0.29) is 12.0 Å². The van der Waals surface area contributed by atoms with Crippen LogP contribution in [0.25, 0.3) is 0 Å². The lowest BCUT2D eigenvalue weighted by molar-refractivity contribution is 0.351. The number of alkyl halides is 1. The van der Waals surface area contributed by atoms with E-state index in [1.165, 1.54) is 0 Å². The van der Waals surface area contributed by atoms with Crippen LogP contribution < -0.4 is 5.32 Å². The molecule has 0 saturated heterocycles. The number of hydrogen-bond donors (Lipinski definition) is 1. The molecule has 0 fully saturated rings. The highest BCUT2D eigenvalue weighted by Gasteiger charge is 2.12. The van der Waals surface area contributed by atoms with Gasteiger partial charge in [-0.2, -0.15) is 0 Å². The van der Waals surface area contributed by atoms with Crippen LogP contribution >= 0.6 is 0 Å². The summed E-state index contributed by atoms with van der Waals surface area (Å²) < 4.78 is 11.9. The molecule has 0 aliphatic rings. The molecule has 0 rings (SSSR count). The van der Waals surface area contributed by atoms with Gasteiger partial charge in [0.05, 0.1) is 0 Å². The molecule has 0 heterocycles. The van der Waals surface area contributed by atoms with Crippen LogP contribution in [0.2, 0.25) is 0 Å². The zero-order valence-electron chi connectivity index (χ0n) is 8.39. The molecule has 2 atom stereocenters. The Kier molecular flexibility index (Phi) is 6.15. The van der Waals surface area contributed by atoms with E-state index in [1.807, 2.05) is 26.0 Å². The SMILES string of the molecule is C=C/C=C\C(=C)C(C)C(C)NCF. The molecule has 0 spiro atoms. The van der Waals surface area contributed by atoms with Gasteiger partial charge in [0, 0.05) is 6.04 Å². The lowest BCUT2D eigenvalue weighted by atomic mass is 9.95. The minimum atomic E-state index is -0.496. The highest BCUT2D eigenvalue weighted by Crippen LogP contribution is 2.14. The first-order chi connectivity index (χ1) is 6.13. The van der Waals surface area contributed by atoms with Gasteiger partial charge in [-0.1, -0.05) is 43.9 Å². The molecule has 0 aromatic heterocycles. The van der Waals surface area contributed by atoms with Crippen LogP contribution in [-0.4, -0.2) is 12.8 Å². The molecule has 0 amide bonds. The normalized spacial score (nSPS) is 15.6. The fourth-order valence-electron chi connectivity index (χ4n) is 0.963. The van der Waals surface area contributed by atoms with Crippen LogP contribution in [0.3, 0.4) is 0 Å². The maximum atomic E-state index is 11.9. The number of hydrogen-bond acceptors (Lipinski definition) is 1. The van der Waals surface area contributed by atoms with Crippen LogP contribution in [0.15, 0.2) is 37.0 Å². The molecule has 2 heteroatoms. The second-order valence-corrected chi connectivity index (χ2v) is 3.08. The molecule has 0 aliphatic carbocycles. The maximum absolute atomic E-state index is 11.9. The summed E-state index contributed by atoms with van der Waals surface area (Å²) in [6.45, 7) is 10.9. The standard InChI is InChI=1S/C11H18FN/c1-5-6-7-9(2)10(3)11(4)13-8-12/h5-7,10-11,13H,1-2,8H2,3-4H3/b7-6-. The highest BCUT2D eigenvalue weighted by atomic mass is 19.1. The van der Waals surface area contributed by atoms with Crippen LogP contribution in [0.4, 0.5) is 4.39 Å². The molecule has 0 aromatic carbocycles. The summed E-state index contributed by atoms with van der Waals surface area (Å²) in [5, 5.41) is 2.72. The number of allylic oxidation sites excluding steroid dienone is 3. The third-order valence-electron chi connectivity index (χ3n) is 2.18. The van der Waals surface area contributed by atoms with Crippen molar-refractivity contribution in [2.75, 3.05) is 6.80 Å². The summed E-state index contributed by atoms with van der Waals surface area (Å²) in [4.78, 5) is 0. The van der Waals surface area contributed by atoms with E-state index < -0.39 is 6.80 Å². The van der Waals surface area contributed by atoms with Gasteiger partial charge in [-0.3, -0.25) is 5.32 Å². The van der Waals surface area contributed by atoms with Crippen molar-refractivity contribution in [3.63, 3.8) is 0 Å². The van der Waals surface area contributed by atoms with Crippen LogP contribution in [0, 0.1) is 5.92 Å². The fourth-order valence-corrected chi connectivity index (χ4v) is 0.963. The topological polar surface area (TPSA) is 12.0 Å². The van der Waals surface area contributed by atoms with Crippen molar-refractivity contribution in [3.8, 4) is 0 Å². The summed E-state index contributed by atoms with van der Waals surface area (Å²) in [7, 11) is 0. The van der Waals surface area contributed by atoms with E-state index in [4.69, 9.17) is 0 Å². The van der Waals surface area contributed by atoms with E-state index >= 15 is 0 Å². The van der Waals surface area contributed by atoms with Crippen molar-refractivity contribution in [3.05, 3.63) is 37.0 Å². The Morgan fingerprint density at radius 3 is 2.62 bits per heavy atom. The van der Waals surface area contributed by atoms with E-state index in [9.17, 15) is 4.39 Å². The average molecular weight is 183 g/mol. The average Bonchev–Trinajstić information content (AvgIpc) is 2.13. The van der Waals surface area contributed by atoms with Crippen molar-refractivity contribution >= 4 is 0 Å². The van der Waals surface area contributed by atoms with Gasteiger partial charge >= 0.3 is 0 Å². The number of halogens is 1. The summed E-state index contributed by atoms with van der Waals surface area (Å²) in [6, 6.07) is 0.104. The molecule has 1 N–H and O–H groups in total. The van der Waals surface area contributed by atoms with Crippen LogP contribution in [0.5, 0.6) is 0 Å². The molecule has 74 valence electrons. The number of rotatable bonds is 6. The minimum Gasteiger partial charge on any atom is -0.287 e. The van der Waals surface area contributed by atoms with Crippen LogP contribution in [-0.2, 0) is 0 Å². The fraction of sp³-hybridized carbons (Fsp3) is 0.455. The Hall–Kier alpha value is -0.890. The van der Waals surface area contributed by atoms with Gasteiger partial charge < -0.3 is 0 Å². The Bertz CT molecular complexity index is 196. The second-order valence-electron chi connectivity index (χ2n) is 3.08. The number of nitrogens with one attached hydrogen (secondary N) is 1. The van der Waals surface area contributed by atoms with E-state index in [0.29, 0.717) is 0 Å².